The van der Waals surface area contributed by atoms with E-state index < -0.39 is 5.97 Å². The zero-order valence-corrected chi connectivity index (χ0v) is 9.32. The van der Waals surface area contributed by atoms with E-state index in [0.717, 1.165) is 19.6 Å². The van der Waals surface area contributed by atoms with Crippen LogP contribution < -0.4 is 5.32 Å². The second-order valence-electron chi connectivity index (χ2n) is 4.91. The highest BCUT2D eigenvalue weighted by atomic mass is 16.4. The van der Waals surface area contributed by atoms with Crippen LogP contribution in [-0.4, -0.2) is 48.1 Å². The Balaban J connectivity index is 1.54. The molecule has 90 valence electrons. The molecule has 0 aromatic rings. The van der Waals surface area contributed by atoms with Gasteiger partial charge < -0.3 is 10.4 Å². The first-order chi connectivity index (χ1) is 7.63. The molecule has 1 heterocycles. The first-order valence-corrected chi connectivity index (χ1v) is 5.84. The lowest BCUT2D eigenvalue weighted by Crippen LogP contribution is -2.51. The summed E-state index contributed by atoms with van der Waals surface area (Å²) < 4.78 is 0. The number of nitrogens with zero attached hydrogens (tertiary/aromatic N) is 1. The molecule has 0 unspecified atom stereocenters. The topological polar surface area (TPSA) is 69.6 Å². The number of amides is 1. The van der Waals surface area contributed by atoms with Gasteiger partial charge in [0.1, 0.15) is 0 Å². The third-order valence-electron chi connectivity index (χ3n) is 3.15. The third kappa shape index (κ3) is 3.48. The molecule has 5 nitrogen and oxygen atoms in total. The van der Waals surface area contributed by atoms with Gasteiger partial charge in [-0.25, -0.2) is 0 Å². The van der Waals surface area contributed by atoms with Gasteiger partial charge >= 0.3 is 5.97 Å². The van der Waals surface area contributed by atoms with Crippen LogP contribution in [0, 0.1) is 11.8 Å². The minimum absolute atomic E-state index is 0.0701. The van der Waals surface area contributed by atoms with Crippen LogP contribution in [0.4, 0.5) is 0 Å². The molecule has 1 saturated carbocycles. The van der Waals surface area contributed by atoms with Crippen LogP contribution in [0.25, 0.3) is 0 Å². The average molecular weight is 226 g/mol. The smallest absolute Gasteiger partial charge is 0.303 e. The molecule has 0 atom stereocenters. The lowest BCUT2D eigenvalue weighted by molar-refractivity contribution is -0.139. The van der Waals surface area contributed by atoms with E-state index in [1.807, 2.05) is 4.90 Å². The van der Waals surface area contributed by atoms with E-state index in [4.69, 9.17) is 5.11 Å². The Kier molecular flexibility index (Phi) is 3.43. The van der Waals surface area contributed by atoms with E-state index >= 15 is 0 Å². The molecule has 0 bridgehead atoms. The van der Waals surface area contributed by atoms with Gasteiger partial charge in [-0.2, -0.15) is 0 Å². The highest BCUT2D eigenvalue weighted by Gasteiger charge is 2.30. The zero-order valence-electron chi connectivity index (χ0n) is 9.32. The molecule has 1 aliphatic carbocycles. The van der Waals surface area contributed by atoms with Crippen molar-refractivity contribution in [2.45, 2.75) is 19.3 Å². The van der Waals surface area contributed by atoms with Gasteiger partial charge in [0.25, 0.3) is 0 Å². The summed E-state index contributed by atoms with van der Waals surface area (Å²) in [5.74, 6) is 0.261. The first kappa shape index (κ1) is 11.4. The van der Waals surface area contributed by atoms with Crippen molar-refractivity contribution in [3.63, 3.8) is 0 Å². The summed E-state index contributed by atoms with van der Waals surface area (Å²) in [6, 6.07) is 0. The number of carboxylic acid groups (broad SMARTS) is 1. The van der Waals surface area contributed by atoms with E-state index in [0.29, 0.717) is 12.5 Å². The van der Waals surface area contributed by atoms with Crippen LogP contribution in [0.15, 0.2) is 0 Å². The Hall–Kier alpha value is -1.10. The monoisotopic (exact) mass is 226 g/mol. The Morgan fingerprint density at radius 3 is 2.50 bits per heavy atom. The highest BCUT2D eigenvalue weighted by Crippen LogP contribution is 2.27. The molecule has 2 fully saturated rings. The number of carbonyl (C=O) groups is 2. The maximum Gasteiger partial charge on any atom is 0.303 e. The molecule has 2 rings (SSSR count). The van der Waals surface area contributed by atoms with E-state index in [1.165, 1.54) is 12.8 Å². The number of carbonyl (C=O) groups excluding carboxylic acids is 1. The van der Waals surface area contributed by atoms with Crippen LogP contribution in [-0.2, 0) is 9.59 Å². The van der Waals surface area contributed by atoms with Gasteiger partial charge in [-0.15, -0.1) is 0 Å². The number of carboxylic acids is 1. The summed E-state index contributed by atoms with van der Waals surface area (Å²) in [6.45, 7) is 2.71. The van der Waals surface area contributed by atoms with Gasteiger partial charge in [0.05, 0.1) is 13.0 Å². The van der Waals surface area contributed by atoms with E-state index in [-0.39, 0.29) is 18.2 Å². The van der Waals surface area contributed by atoms with Crippen LogP contribution in [0.5, 0.6) is 0 Å². The Labute approximate surface area is 94.8 Å². The molecular weight excluding hydrogens is 208 g/mol. The summed E-state index contributed by atoms with van der Waals surface area (Å²) in [5, 5.41) is 11.5. The SMILES string of the molecule is O=C(O)CC1CN(CC(=O)NCC2CC2)C1. The van der Waals surface area contributed by atoms with Crippen molar-refractivity contribution in [2.75, 3.05) is 26.2 Å². The number of nitrogens with one attached hydrogen (secondary N) is 1. The molecule has 16 heavy (non-hydrogen) atoms. The summed E-state index contributed by atoms with van der Waals surface area (Å²) in [7, 11) is 0. The molecule has 2 N–H and O–H groups in total. The molecule has 1 saturated heterocycles. The summed E-state index contributed by atoms with van der Waals surface area (Å²) in [4.78, 5) is 23.9. The van der Waals surface area contributed by atoms with Crippen molar-refractivity contribution >= 4 is 11.9 Å². The molecule has 1 aliphatic heterocycles. The largest absolute Gasteiger partial charge is 0.481 e. The molecule has 0 aromatic heterocycles. The van der Waals surface area contributed by atoms with Gasteiger partial charge in [0.15, 0.2) is 0 Å². The maximum absolute atomic E-state index is 11.4. The predicted molar refractivity (Wildman–Crippen MR) is 57.9 cm³/mol. The molecule has 0 spiro atoms. The normalized spacial score (nSPS) is 21.5. The number of hydrogen-bond donors (Lipinski definition) is 2. The molecule has 5 heteroatoms. The second-order valence-corrected chi connectivity index (χ2v) is 4.91. The first-order valence-electron chi connectivity index (χ1n) is 5.84. The average Bonchev–Trinajstić information content (AvgIpc) is 2.94. The Morgan fingerprint density at radius 2 is 1.94 bits per heavy atom. The van der Waals surface area contributed by atoms with Gasteiger partial charge in [0, 0.05) is 19.6 Å². The molecule has 2 aliphatic rings. The lowest BCUT2D eigenvalue weighted by Gasteiger charge is -2.37. The van der Waals surface area contributed by atoms with Crippen LogP contribution in [0.1, 0.15) is 19.3 Å². The van der Waals surface area contributed by atoms with Crippen molar-refractivity contribution in [3.05, 3.63) is 0 Å². The lowest BCUT2D eigenvalue weighted by atomic mass is 9.96. The van der Waals surface area contributed by atoms with E-state index in [2.05, 4.69) is 5.32 Å². The van der Waals surface area contributed by atoms with Crippen LogP contribution >= 0.6 is 0 Å². The standard InChI is InChI=1S/C11H18N2O3/c14-10(12-4-8-1-2-8)7-13-5-9(6-13)3-11(15)16/h8-9H,1-7H2,(H,12,14)(H,15,16). The molecule has 0 aromatic carbocycles. The van der Waals surface area contributed by atoms with Gasteiger partial charge in [0.2, 0.25) is 5.91 Å². The summed E-state index contributed by atoms with van der Waals surface area (Å²) in [6.07, 6.45) is 2.70. The predicted octanol–water partition coefficient (Wildman–Crippen LogP) is -0.0809. The number of likely N-dealkylation sites (tertiary alicyclic amines) is 1. The summed E-state index contributed by atoms with van der Waals surface area (Å²) >= 11 is 0. The van der Waals surface area contributed by atoms with Crippen molar-refractivity contribution in [1.82, 2.24) is 10.2 Å². The van der Waals surface area contributed by atoms with Crippen molar-refractivity contribution < 1.29 is 14.7 Å². The van der Waals surface area contributed by atoms with Gasteiger partial charge in [-0.3, -0.25) is 14.5 Å². The van der Waals surface area contributed by atoms with Crippen molar-refractivity contribution in [1.29, 1.82) is 0 Å². The number of rotatable bonds is 6. The Morgan fingerprint density at radius 1 is 1.25 bits per heavy atom. The fraction of sp³-hybridized carbons (Fsp3) is 0.818. The minimum atomic E-state index is -0.747. The van der Waals surface area contributed by atoms with E-state index in [9.17, 15) is 9.59 Å². The molecule has 0 radical (unpaired) electrons. The zero-order chi connectivity index (χ0) is 11.5. The molecule has 1 amide bonds. The maximum atomic E-state index is 11.4. The van der Waals surface area contributed by atoms with Crippen LogP contribution in [0.2, 0.25) is 0 Å². The summed E-state index contributed by atoms with van der Waals surface area (Å²) in [5.41, 5.74) is 0. The minimum Gasteiger partial charge on any atom is -0.481 e. The highest BCUT2D eigenvalue weighted by molar-refractivity contribution is 5.78. The van der Waals surface area contributed by atoms with E-state index in [1.54, 1.807) is 0 Å². The van der Waals surface area contributed by atoms with Crippen LogP contribution in [0.3, 0.4) is 0 Å². The Bertz CT molecular complexity index is 283. The van der Waals surface area contributed by atoms with Crippen molar-refractivity contribution in [2.24, 2.45) is 11.8 Å². The van der Waals surface area contributed by atoms with Gasteiger partial charge in [-0.05, 0) is 24.7 Å². The number of hydrogen-bond acceptors (Lipinski definition) is 3. The quantitative estimate of drug-likeness (QED) is 0.664. The number of aliphatic carboxylic acids is 1. The second kappa shape index (κ2) is 4.82. The third-order valence-corrected chi connectivity index (χ3v) is 3.15. The molecular formula is C11H18N2O3. The van der Waals surface area contributed by atoms with Gasteiger partial charge in [-0.1, -0.05) is 0 Å². The fourth-order valence-corrected chi connectivity index (χ4v) is 2.02. The van der Waals surface area contributed by atoms with Crippen molar-refractivity contribution in [3.8, 4) is 0 Å². The fourth-order valence-electron chi connectivity index (χ4n) is 2.02.